The Kier molecular flexibility index (Phi) is 5.62. The average molecular weight is 189 g/mol. The molecule has 0 aromatic heterocycles. The zero-order chi connectivity index (χ0) is 10.3. The van der Waals surface area contributed by atoms with E-state index in [9.17, 15) is 9.59 Å². The van der Waals surface area contributed by atoms with E-state index < -0.39 is 12.0 Å². The Hall–Kier alpha value is -1.30. The number of amides is 2. The van der Waals surface area contributed by atoms with Gasteiger partial charge in [0.25, 0.3) is 0 Å². The van der Waals surface area contributed by atoms with Crippen LogP contribution in [0.15, 0.2) is 0 Å². The van der Waals surface area contributed by atoms with Crippen molar-refractivity contribution in [2.24, 2.45) is 0 Å². The van der Waals surface area contributed by atoms with Crippen LogP contribution in [0.25, 0.3) is 0 Å². The molecule has 6 heteroatoms. The summed E-state index contributed by atoms with van der Waals surface area (Å²) in [5, 5.41) is 3.81. The van der Waals surface area contributed by atoms with Crippen molar-refractivity contribution in [3.8, 4) is 0 Å². The van der Waals surface area contributed by atoms with E-state index >= 15 is 0 Å². The zero-order valence-corrected chi connectivity index (χ0v) is 8.09. The summed E-state index contributed by atoms with van der Waals surface area (Å²) in [5.74, 6) is -0.448. The van der Waals surface area contributed by atoms with Gasteiger partial charge < -0.3 is 10.1 Å². The third kappa shape index (κ3) is 7.07. The molecule has 0 bridgehead atoms. The Morgan fingerprint density at radius 3 is 2.46 bits per heavy atom. The smallest absolute Gasteiger partial charge is 0.329 e. The van der Waals surface area contributed by atoms with Gasteiger partial charge in [0.15, 0.2) is 0 Å². The predicted molar refractivity (Wildman–Crippen MR) is 46.9 cm³/mol. The highest BCUT2D eigenvalue weighted by atomic mass is 16.5. The summed E-state index contributed by atoms with van der Waals surface area (Å²) in [6, 6.07) is -0.432. The second-order valence-electron chi connectivity index (χ2n) is 2.49. The maximum atomic E-state index is 10.9. The first-order valence-electron chi connectivity index (χ1n) is 3.93. The molecule has 0 aliphatic rings. The molecule has 0 atom stereocenters. The molecule has 0 saturated carbocycles. The van der Waals surface area contributed by atoms with Gasteiger partial charge in [0, 0.05) is 14.1 Å². The van der Waals surface area contributed by atoms with Crippen molar-refractivity contribution in [2.45, 2.75) is 6.92 Å². The summed E-state index contributed by atoms with van der Waals surface area (Å²) in [6.07, 6.45) is 0. The Bertz CT molecular complexity index is 182. The van der Waals surface area contributed by atoms with Crippen molar-refractivity contribution in [1.82, 2.24) is 15.8 Å². The normalized spacial score (nSPS) is 9.54. The summed E-state index contributed by atoms with van der Waals surface area (Å²) in [7, 11) is 3.34. The number of esters is 1. The van der Waals surface area contributed by atoms with Gasteiger partial charge in [0.05, 0.1) is 6.61 Å². The summed E-state index contributed by atoms with van der Waals surface area (Å²) in [5.41, 5.74) is 2.42. The molecular formula is C7H15N3O3. The number of hydrogen-bond acceptors (Lipinski definition) is 4. The van der Waals surface area contributed by atoms with Gasteiger partial charge in [-0.25, -0.2) is 9.80 Å². The molecule has 0 saturated heterocycles. The van der Waals surface area contributed by atoms with Crippen LogP contribution in [0.3, 0.4) is 0 Å². The third-order valence-electron chi connectivity index (χ3n) is 1.02. The fraction of sp³-hybridized carbons (Fsp3) is 0.714. The molecule has 0 radical (unpaired) electrons. The number of rotatable bonds is 4. The number of hydrogen-bond donors (Lipinski definition) is 2. The Balaban J connectivity index is 3.52. The van der Waals surface area contributed by atoms with Crippen LogP contribution in [0.2, 0.25) is 0 Å². The lowest BCUT2D eigenvalue weighted by atomic mass is 10.6. The number of urea groups is 1. The topological polar surface area (TPSA) is 70.7 Å². The molecule has 2 N–H and O–H groups in total. The Morgan fingerprint density at radius 1 is 1.38 bits per heavy atom. The van der Waals surface area contributed by atoms with Gasteiger partial charge in [0.2, 0.25) is 0 Å². The van der Waals surface area contributed by atoms with Crippen molar-refractivity contribution >= 4 is 12.0 Å². The largest absolute Gasteiger partial charge is 0.465 e. The molecule has 6 nitrogen and oxygen atoms in total. The fourth-order valence-corrected chi connectivity index (χ4v) is 0.607. The molecule has 76 valence electrons. The fourth-order valence-electron chi connectivity index (χ4n) is 0.607. The number of nitrogens with zero attached hydrogens (tertiary/aromatic N) is 1. The number of ether oxygens (including phenoxy) is 1. The van der Waals surface area contributed by atoms with Crippen molar-refractivity contribution in [1.29, 1.82) is 0 Å². The lowest BCUT2D eigenvalue weighted by Crippen LogP contribution is -2.45. The van der Waals surface area contributed by atoms with Gasteiger partial charge in [0.1, 0.15) is 6.54 Å². The van der Waals surface area contributed by atoms with Gasteiger partial charge in [-0.2, -0.15) is 0 Å². The summed E-state index contributed by atoms with van der Waals surface area (Å²) >= 11 is 0. The molecule has 0 aliphatic heterocycles. The van der Waals surface area contributed by atoms with E-state index in [0.29, 0.717) is 6.61 Å². The van der Waals surface area contributed by atoms with E-state index in [2.05, 4.69) is 15.5 Å². The minimum atomic E-state index is -0.448. The third-order valence-corrected chi connectivity index (χ3v) is 1.02. The van der Waals surface area contributed by atoms with E-state index in [-0.39, 0.29) is 6.54 Å². The predicted octanol–water partition coefficient (Wildman–Crippen LogP) is -0.675. The van der Waals surface area contributed by atoms with Crippen molar-refractivity contribution in [3.05, 3.63) is 0 Å². The molecule has 13 heavy (non-hydrogen) atoms. The molecular weight excluding hydrogens is 174 g/mol. The van der Waals surface area contributed by atoms with Crippen LogP contribution >= 0.6 is 0 Å². The molecule has 0 spiro atoms. The van der Waals surface area contributed by atoms with Crippen LogP contribution in [-0.2, 0) is 9.53 Å². The quantitative estimate of drug-likeness (QED) is 0.454. The molecule has 0 heterocycles. The molecule has 0 aromatic carbocycles. The summed E-state index contributed by atoms with van der Waals surface area (Å²) in [4.78, 5) is 21.6. The number of carbonyl (C=O) groups is 2. The van der Waals surface area contributed by atoms with Crippen LogP contribution in [-0.4, -0.2) is 44.3 Å². The zero-order valence-electron chi connectivity index (χ0n) is 8.09. The van der Waals surface area contributed by atoms with Crippen LogP contribution in [0.1, 0.15) is 6.92 Å². The van der Waals surface area contributed by atoms with Gasteiger partial charge in [-0.05, 0) is 6.92 Å². The van der Waals surface area contributed by atoms with E-state index in [0.717, 1.165) is 0 Å². The average Bonchev–Trinajstić information content (AvgIpc) is 2.00. The van der Waals surface area contributed by atoms with Gasteiger partial charge >= 0.3 is 12.0 Å². The maximum Gasteiger partial charge on any atom is 0.329 e. The first kappa shape index (κ1) is 11.7. The Labute approximate surface area is 77.2 Å². The van der Waals surface area contributed by atoms with Crippen molar-refractivity contribution in [2.75, 3.05) is 27.2 Å². The summed E-state index contributed by atoms with van der Waals surface area (Å²) in [6.45, 7) is 1.90. The molecule has 0 fully saturated rings. The lowest BCUT2D eigenvalue weighted by Gasteiger charge is -2.12. The maximum absolute atomic E-state index is 10.9. The van der Waals surface area contributed by atoms with E-state index in [1.165, 1.54) is 5.01 Å². The highest BCUT2D eigenvalue weighted by Crippen LogP contribution is 1.75. The van der Waals surface area contributed by atoms with Crippen LogP contribution in [0.5, 0.6) is 0 Å². The first-order valence-corrected chi connectivity index (χ1v) is 3.93. The molecule has 0 aromatic rings. The standard InChI is InChI=1S/C7H15N3O3/c1-4-13-6(11)5-8-7(12)9-10(2)3/h4-5H2,1-3H3,(H2,8,9,12). The Morgan fingerprint density at radius 2 is 2.00 bits per heavy atom. The molecule has 2 amide bonds. The van der Waals surface area contributed by atoms with Crippen LogP contribution < -0.4 is 10.7 Å². The monoisotopic (exact) mass is 189 g/mol. The minimum Gasteiger partial charge on any atom is -0.465 e. The molecule has 0 aliphatic carbocycles. The van der Waals surface area contributed by atoms with E-state index in [1.807, 2.05) is 0 Å². The van der Waals surface area contributed by atoms with Crippen LogP contribution in [0.4, 0.5) is 4.79 Å². The highest BCUT2D eigenvalue weighted by molar-refractivity contribution is 5.80. The second-order valence-corrected chi connectivity index (χ2v) is 2.49. The molecule has 0 rings (SSSR count). The van der Waals surface area contributed by atoms with Gasteiger partial charge in [-0.15, -0.1) is 0 Å². The number of nitrogens with one attached hydrogen (secondary N) is 2. The minimum absolute atomic E-state index is 0.118. The molecule has 0 unspecified atom stereocenters. The van der Waals surface area contributed by atoms with E-state index in [4.69, 9.17) is 0 Å². The lowest BCUT2D eigenvalue weighted by molar-refractivity contribution is -0.141. The van der Waals surface area contributed by atoms with Crippen LogP contribution in [0, 0.1) is 0 Å². The van der Waals surface area contributed by atoms with E-state index in [1.54, 1.807) is 21.0 Å². The number of carbonyl (C=O) groups excluding carboxylic acids is 2. The highest BCUT2D eigenvalue weighted by Gasteiger charge is 2.04. The van der Waals surface area contributed by atoms with Crippen molar-refractivity contribution < 1.29 is 14.3 Å². The summed E-state index contributed by atoms with van der Waals surface area (Å²) < 4.78 is 4.60. The second kappa shape index (κ2) is 6.24. The van der Waals surface area contributed by atoms with Crippen molar-refractivity contribution in [3.63, 3.8) is 0 Å². The number of hydrazine groups is 1. The van der Waals surface area contributed by atoms with Gasteiger partial charge in [-0.1, -0.05) is 0 Å². The SMILES string of the molecule is CCOC(=O)CNC(=O)NN(C)C. The van der Waals surface area contributed by atoms with Gasteiger partial charge in [-0.3, -0.25) is 10.2 Å². The first-order chi connectivity index (χ1) is 6.06.